The van der Waals surface area contributed by atoms with Gasteiger partial charge in [0.05, 0.1) is 0 Å². The molecule has 1 amide bonds. The molecule has 0 N–H and O–H groups in total. The maximum Gasteiger partial charge on any atom is 0.253 e. The van der Waals surface area contributed by atoms with Crippen LogP contribution in [-0.2, 0) is 0 Å². The summed E-state index contributed by atoms with van der Waals surface area (Å²) in [5.41, 5.74) is 2.84. The molecule has 0 spiro atoms. The third kappa shape index (κ3) is 2.75. The van der Waals surface area contributed by atoms with Crippen LogP contribution in [0.1, 0.15) is 23.2 Å². The predicted octanol–water partition coefficient (Wildman–Crippen LogP) is 3.75. The Kier molecular flexibility index (Phi) is 3.83. The lowest BCUT2D eigenvalue weighted by molar-refractivity contribution is 0.0793. The highest BCUT2D eigenvalue weighted by molar-refractivity contribution is 9.10. The molecule has 1 aliphatic heterocycles. The van der Waals surface area contributed by atoms with Crippen LogP contribution in [0.15, 0.2) is 47.2 Å². The fourth-order valence-corrected chi connectivity index (χ4v) is 3.02. The van der Waals surface area contributed by atoms with Crippen molar-refractivity contribution in [3.8, 4) is 11.1 Å². The van der Waals surface area contributed by atoms with Crippen LogP contribution in [0.4, 0.5) is 0 Å². The normalized spacial score (nSPS) is 14.6. The maximum absolute atomic E-state index is 12.5. The summed E-state index contributed by atoms with van der Waals surface area (Å²) in [5.74, 6) is 0.124. The van der Waals surface area contributed by atoms with E-state index >= 15 is 0 Å². The van der Waals surface area contributed by atoms with Gasteiger partial charge in [-0.2, -0.15) is 0 Å². The van der Waals surface area contributed by atoms with Crippen molar-refractivity contribution in [2.45, 2.75) is 12.8 Å². The molecule has 20 heavy (non-hydrogen) atoms. The van der Waals surface area contributed by atoms with Gasteiger partial charge in [0, 0.05) is 35.5 Å². The van der Waals surface area contributed by atoms with Crippen LogP contribution in [0.2, 0.25) is 0 Å². The number of rotatable bonds is 2. The van der Waals surface area contributed by atoms with Crippen molar-refractivity contribution < 1.29 is 4.79 Å². The van der Waals surface area contributed by atoms with E-state index in [4.69, 9.17) is 0 Å². The molecular weight excluding hydrogens is 316 g/mol. The lowest BCUT2D eigenvalue weighted by Crippen LogP contribution is -2.27. The Morgan fingerprint density at radius 3 is 2.45 bits per heavy atom. The summed E-state index contributed by atoms with van der Waals surface area (Å²) < 4.78 is 0.925. The van der Waals surface area contributed by atoms with E-state index in [1.54, 1.807) is 12.4 Å². The van der Waals surface area contributed by atoms with Gasteiger partial charge in [-0.15, -0.1) is 0 Å². The van der Waals surface area contributed by atoms with E-state index in [9.17, 15) is 4.79 Å². The van der Waals surface area contributed by atoms with Crippen molar-refractivity contribution in [1.29, 1.82) is 0 Å². The number of hydrogen-bond acceptors (Lipinski definition) is 2. The van der Waals surface area contributed by atoms with Crippen LogP contribution in [-0.4, -0.2) is 28.9 Å². The minimum atomic E-state index is 0.124. The Bertz CT molecular complexity index is 622. The smallest absolute Gasteiger partial charge is 0.253 e. The lowest BCUT2D eigenvalue weighted by Gasteiger charge is -2.16. The number of pyridine rings is 1. The Hall–Kier alpha value is -1.68. The Morgan fingerprint density at radius 1 is 1.05 bits per heavy atom. The largest absolute Gasteiger partial charge is 0.339 e. The first kappa shape index (κ1) is 13.3. The number of carbonyl (C=O) groups is 1. The molecule has 0 atom stereocenters. The van der Waals surface area contributed by atoms with Gasteiger partial charge in [0.1, 0.15) is 0 Å². The number of hydrogen-bond donors (Lipinski definition) is 0. The van der Waals surface area contributed by atoms with E-state index < -0.39 is 0 Å². The van der Waals surface area contributed by atoms with Crippen LogP contribution in [0.5, 0.6) is 0 Å². The van der Waals surface area contributed by atoms with Crippen molar-refractivity contribution in [2.24, 2.45) is 0 Å². The fourth-order valence-electron chi connectivity index (χ4n) is 2.53. The number of benzene rings is 1. The van der Waals surface area contributed by atoms with E-state index in [-0.39, 0.29) is 5.91 Å². The molecule has 102 valence electrons. The quantitative estimate of drug-likeness (QED) is 0.840. The zero-order chi connectivity index (χ0) is 13.9. The van der Waals surface area contributed by atoms with Crippen molar-refractivity contribution in [3.63, 3.8) is 0 Å². The first-order valence-electron chi connectivity index (χ1n) is 6.74. The molecule has 0 aliphatic carbocycles. The summed E-state index contributed by atoms with van der Waals surface area (Å²) in [4.78, 5) is 18.4. The molecule has 3 rings (SSSR count). The summed E-state index contributed by atoms with van der Waals surface area (Å²) in [6.07, 6.45) is 5.74. The van der Waals surface area contributed by atoms with E-state index in [1.807, 2.05) is 35.2 Å². The lowest BCUT2D eigenvalue weighted by atomic mass is 10.0. The third-order valence-electron chi connectivity index (χ3n) is 3.55. The van der Waals surface area contributed by atoms with Crippen molar-refractivity contribution >= 4 is 21.8 Å². The average molecular weight is 331 g/mol. The van der Waals surface area contributed by atoms with Crippen LogP contribution < -0.4 is 0 Å². The standard InChI is InChI=1S/C16H15BrN2O/c17-15-10-13(12-3-5-18-6-4-12)9-14(11-15)16(20)19-7-1-2-8-19/h3-6,9-11H,1-2,7-8H2. The van der Waals surface area contributed by atoms with Gasteiger partial charge in [-0.1, -0.05) is 15.9 Å². The van der Waals surface area contributed by atoms with Gasteiger partial charge in [0.25, 0.3) is 5.91 Å². The Labute approximate surface area is 126 Å². The molecular formula is C16H15BrN2O. The van der Waals surface area contributed by atoms with Gasteiger partial charge in [0.2, 0.25) is 0 Å². The molecule has 1 aromatic carbocycles. The number of nitrogens with zero attached hydrogens (tertiary/aromatic N) is 2. The van der Waals surface area contributed by atoms with Gasteiger partial charge >= 0.3 is 0 Å². The van der Waals surface area contributed by atoms with E-state index in [2.05, 4.69) is 20.9 Å². The zero-order valence-corrected chi connectivity index (χ0v) is 12.6. The minimum Gasteiger partial charge on any atom is -0.339 e. The van der Waals surface area contributed by atoms with Crippen molar-refractivity contribution in [1.82, 2.24) is 9.88 Å². The Morgan fingerprint density at radius 2 is 1.75 bits per heavy atom. The molecule has 0 bridgehead atoms. The summed E-state index contributed by atoms with van der Waals surface area (Å²) in [6.45, 7) is 1.74. The molecule has 1 saturated heterocycles. The molecule has 1 aromatic heterocycles. The predicted molar refractivity (Wildman–Crippen MR) is 82.5 cm³/mol. The SMILES string of the molecule is O=C(c1cc(Br)cc(-c2ccncc2)c1)N1CCCC1. The van der Waals surface area contributed by atoms with Crippen LogP contribution in [0.25, 0.3) is 11.1 Å². The fraction of sp³-hybridized carbons (Fsp3) is 0.250. The van der Waals surface area contributed by atoms with Crippen LogP contribution >= 0.6 is 15.9 Å². The highest BCUT2D eigenvalue weighted by atomic mass is 79.9. The van der Waals surface area contributed by atoms with Gasteiger partial charge in [-0.05, 0) is 54.3 Å². The van der Waals surface area contributed by atoms with Gasteiger partial charge in [-0.3, -0.25) is 9.78 Å². The zero-order valence-electron chi connectivity index (χ0n) is 11.1. The van der Waals surface area contributed by atoms with Crippen LogP contribution in [0.3, 0.4) is 0 Å². The highest BCUT2D eigenvalue weighted by Gasteiger charge is 2.20. The monoisotopic (exact) mass is 330 g/mol. The first-order chi connectivity index (χ1) is 9.74. The second kappa shape index (κ2) is 5.75. The summed E-state index contributed by atoms with van der Waals surface area (Å²) in [6, 6.07) is 9.78. The third-order valence-corrected chi connectivity index (χ3v) is 4.01. The molecule has 1 fully saturated rings. The minimum absolute atomic E-state index is 0.124. The first-order valence-corrected chi connectivity index (χ1v) is 7.53. The molecule has 1 aliphatic rings. The molecule has 0 saturated carbocycles. The van der Waals surface area contributed by atoms with E-state index in [1.165, 1.54) is 0 Å². The second-order valence-electron chi connectivity index (χ2n) is 4.96. The van der Waals surface area contributed by atoms with Gasteiger partial charge in [-0.25, -0.2) is 0 Å². The molecule has 4 heteroatoms. The van der Waals surface area contributed by atoms with Crippen molar-refractivity contribution in [3.05, 3.63) is 52.8 Å². The second-order valence-corrected chi connectivity index (χ2v) is 5.88. The van der Waals surface area contributed by atoms with Crippen molar-refractivity contribution in [2.75, 3.05) is 13.1 Å². The maximum atomic E-state index is 12.5. The van der Waals surface area contributed by atoms with E-state index in [0.29, 0.717) is 0 Å². The number of aromatic nitrogens is 1. The molecule has 2 heterocycles. The number of carbonyl (C=O) groups excluding carboxylic acids is 1. The molecule has 0 radical (unpaired) electrons. The summed E-state index contributed by atoms with van der Waals surface area (Å²) in [7, 11) is 0. The van der Waals surface area contributed by atoms with Crippen LogP contribution in [0, 0.1) is 0 Å². The summed E-state index contributed by atoms with van der Waals surface area (Å²) >= 11 is 3.50. The van der Waals surface area contributed by atoms with Gasteiger partial charge < -0.3 is 4.90 Å². The molecule has 2 aromatic rings. The van der Waals surface area contributed by atoms with E-state index in [0.717, 1.165) is 47.1 Å². The summed E-state index contributed by atoms with van der Waals surface area (Å²) in [5, 5.41) is 0. The topological polar surface area (TPSA) is 33.2 Å². The number of likely N-dealkylation sites (tertiary alicyclic amines) is 1. The van der Waals surface area contributed by atoms with Gasteiger partial charge in [0.15, 0.2) is 0 Å². The highest BCUT2D eigenvalue weighted by Crippen LogP contribution is 2.26. The Balaban J connectivity index is 1.96. The molecule has 0 unspecified atom stereocenters. The number of halogens is 1. The average Bonchev–Trinajstić information content (AvgIpc) is 3.01. The molecule has 3 nitrogen and oxygen atoms in total. The number of amides is 1.